The molecule has 0 fully saturated rings. The summed E-state index contributed by atoms with van der Waals surface area (Å²) in [5, 5.41) is 7.00. The summed E-state index contributed by atoms with van der Waals surface area (Å²) in [6.45, 7) is 1.28. The third-order valence-corrected chi connectivity index (χ3v) is 4.78. The maximum absolute atomic E-state index is 12.6. The summed E-state index contributed by atoms with van der Waals surface area (Å²) in [4.78, 5) is 37.2. The number of carbonyl (C=O) groups is 2. The quantitative estimate of drug-likeness (QED) is 0.489. The topological polar surface area (TPSA) is 99.5 Å². The minimum Gasteiger partial charge on any atom is -0.481 e. The zero-order valence-corrected chi connectivity index (χ0v) is 18.6. The van der Waals surface area contributed by atoms with E-state index in [-0.39, 0.29) is 23.1 Å². The summed E-state index contributed by atoms with van der Waals surface area (Å²) < 4.78 is 12.3. The molecule has 1 heterocycles. The van der Waals surface area contributed by atoms with Crippen LogP contribution < -0.4 is 15.6 Å². The highest BCUT2D eigenvalue weighted by atomic mass is 79.9. The molecule has 3 rings (SSSR count). The van der Waals surface area contributed by atoms with Gasteiger partial charge in [0.05, 0.1) is 23.4 Å². The Balaban J connectivity index is 1.86. The Labute approximate surface area is 190 Å². The highest BCUT2D eigenvalue weighted by molar-refractivity contribution is 9.10. The van der Waals surface area contributed by atoms with Crippen molar-refractivity contribution in [3.05, 3.63) is 80.1 Å². The summed E-state index contributed by atoms with van der Waals surface area (Å²) in [6, 6.07) is 14.6. The molecule has 0 aliphatic heterocycles. The lowest BCUT2D eigenvalue weighted by Crippen LogP contribution is -2.27. The third-order valence-electron chi connectivity index (χ3n) is 3.93. The van der Waals surface area contributed by atoms with Crippen molar-refractivity contribution in [2.75, 3.05) is 18.5 Å². The van der Waals surface area contributed by atoms with E-state index in [4.69, 9.17) is 21.1 Å². The number of carbonyl (C=O) groups excluding carboxylic acids is 2. The average molecular weight is 507 g/mol. The number of anilines is 1. The number of benzene rings is 2. The van der Waals surface area contributed by atoms with Gasteiger partial charge in [0, 0.05) is 10.2 Å². The molecule has 1 aromatic heterocycles. The zero-order chi connectivity index (χ0) is 22.4. The van der Waals surface area contributed by atoms with E-state index in [9.17, 15) is 14.4 Å². The monoisotopic (exact) mass is 505 g/mol. The SMILES string of the molecule is CCOC(=O)c1nn(-c2ccccc2Cl)c(=O)cc1OCC(=O)Nc1ccc(Br)cc1. The molecule has 0 atom stereocenters. The van der Waals surface area contributed by atoms with Crippen molar-refractivity contribution in [2.45, 2.75) is 6.92 Å². The highest BCUT2D eigenvalue weighted by Gasteiger charge is 2.21. The van der Waals surface area contributed by atoms with E-state index < -0.39 is 24.0 Å². The predicted octanol–water partition coefficient (Wildman–Crippen LogP) is 3.84. The second-order valence-electron chi connectivity index (χ2n) is 6.12. The average Bonchev–Trinajstić information content (AvgIpc) is 2.75. The largest absolute Gasteiger partial charge is 0.481 e. The van der Waals surface area contributed by atoms with Crippen molar-refractivity contribution in [1.29, 1.82) is 0 Å². The van der Waals surface area contributed by atoms with Crippen molar-refractivity contribution < 1.29 is 19.1 Å². The van der Waals surface area contributed by atoms with Gasteiger partial charge in [-0.05, 0) is 43.3 Å². The maximum Gasteiger partial charge on any atom is 0.362 e. The Morgan fingerprint density at radius 3 is 2.55 bits per heavy atom. The van der Waals surface area contributed by atoms with Crippen LogP contribution >= 0.6 is 27.5 Å². The molecule has 31 heavy (non-hydrogen) atoms. The number of hydrogen-bond acceptors (Lipinski definition) is 6. The van der Waals surface area contributed by atoms with Crippen LogP contribution in [0.15, 0.2) is 63.9 Å². The van der Waals surface area contributed by atoms with Gasteiger partial charge >= 0.3 is 5.97 Å². The second kappa shape index (κ2) is 10.2. The number of hydrogen-bond donors (Lipinski definition) is 1. The number of ether oxygens (including phenoxy) is 2. The summed E-state index contributed by atoms with van der Waals surface area (Å²) in [5.74, 6) is -1.45. The molecule has 0 saturated carbocycles. The molecule has 0 spiro atoms. The fraction of sp³-hybridized carbons (Fsp3) is 0.143. The lowest BCUT2D eigenvalue weighted by atomic mass is 10.3. The van der Waals surface area contributed by atoms with Crippen LogP contribution in [0.4, 0.5) is 5.69 Å². The van der Waals surface area contributed by atoms with Gasteiger partial charge in [0.25, 0.3) is 11.5 Å². The molecule has 10 heteroatoms. The first-order valence-electron chi connectivity index (χ1n) is 9.13. The van der Waals surface area contributed by atoms with Crippen molar-refractivity contribution in [1.82, 2.24) is 9.78 Å². The highest BCUT2D eigenvalue weighted by Crippen LogP contribution is 2.21. The van der Waals surface area contributed by atoms with Crippen molar-refractivity contribution in [2.24, 2.45) is 0 Å². The fourth-order valence-electron chi connectivity index (χ4n) is 2.56. The smallest absolute Gasteiger partial charge is 0.362 e. The maximum atomic E-state index is 12.6. The van der Waals surface area contributed by atoms with Crippen LogP contribution in [0.2, 0.25) is 5.02 Å². The third kappa shape index (κ3) is 5.71. The van der Waals surface area contributed by atoms with Crippen molar-refractivity contribution in [3.8, 4) is 11.4 Å². The number of para-hydroxylation sites is 1. The molecule has 0 aliphatic carbocycles. The number of nitrogens with zero attached hydrogens (tertiary/aromatic N) is 2. The Kier molecular flexibility index (Phi) is 7.43. The Hall–Kier alpha value is -3.17. The van der Waals surface area contributed by atoms with Crippen LogP contribution in [0.5, 0.6) is 5.75 Å². The summed E-state index contributed by atoms with van der Waals surface area (Å²) >= 11 is 9.46. The Morgan fingerprint density at radius 2 is 1.87 bits per heavy atom. The van der Waals surface area contributed by atoms with E-state index in [1.54, 1.807) is 55.5 Å². The minimum absolute atomic E-state index is 0.0925. The molecule has 8 nitrogen and oxygen atoms in total. The van der Waals surface area contributed by atoms with Crippen LogP contribution in [0.25, 0.3) is 5.69 Å². The molecule has 0 saturated heterocycles. The number of aromatic nitrogens is 2. The second-order valence-corrected chi connectivity index (χ2v) is 7.45. The predicted molar refractivity (Wildman–Crippen MR) is 119 cm³/mol. The van der Waals surface area contributed by atoms with E-state index in [2.05, 4.69) is 26.3 Å². The van der Waals surface area contributed by atoms with Gasteiger partial charge in [0.15, 0.2) is 12.4 Å². The lowest BCUT2D eigenvalue weighted by Gasteiger charge is -2.13. The first-order valence-corrected chi connectivity index (χ1v) is 10.3. The summed E-state index contributed by atoms with van der Waals surface area (Å²) in [5.41, 5.74) is 0.0104. The number of nitrogens with one attached hydrogen (secondary N) is 1. The van der Waals surface area contributed by atoms with Gasteiger partial charge in [-0.2, -0.15) is 9.78 Å². The molecule has 1 N–H and O–H groups in total. The number of halogens is 2. The van der Waals surface area contributed by atoms with E-state index in [0.29, 0.717) is 11.4 Å². The first-order chi connectivity index (χ1) is 14.9. The molecule has 3 aromatic rings. The van der Waals surface area contributed by atoms with Crippen LogP contribution in [0.1, 0.15) is 17.4 Å². The van der Waals surface area contributed by atoms with Crippen LogP contribution in [-0.2, 0) is 9.53 Å². The summed E-state index contributed by atoms with van der Waals surface area (Å²) in [7, 11) is 0. The normalized spacial score (nSPS) is 10.4. The standard InChI is InChI=1S/C21H17BrClN3O5/c1-2-30-21(29)20-17(31-12-18(27)24-14-9-7-13(22)8-10-14)11-19(28)26(25-20)16-6-4-3-5-15(16)23/h3-11H,2,12H2,1H3,(H,24,27). The fourth-order valence-corrected chi connectivity index (χ4v) is 3.04. The van der Waals surface area contributed by atoms with E-state index >= 15 is 0 Å². The van der Waals surface area contributed by atoms with Gasteiger partial charge in [-0.3, -0.25) is 9.59 Å². The van der Waals surface area contributed by atoms with Crippen LogP contribution in [0.3, 0.4) is 0 Å². The van der Waals surface area contributed by atoms with Crippen molar-refractivity contribution in [3.63, 3.8) is 0 Å². The molecule has 0 bridgehead atoms. The first kappa shape index (κ1) is 22.5. The van der Waals surface area contributed by atoms with Crippen LogP contribution in [-0.4, -0.2) is 34.9 Å². The van der Waals surface area contributed by atoms with E-state index in [1.165, 1.54) is 0 Å². The molecule has 0 unspecified atom stereocenters. The zero-order valence-electron chi connectivity index (χ0n) is 16.3. The number of amides is 1. The molecular formula is C21H17BrClN3O5. The molecule has 160 valence electrons. The molecule has 2 aromatic carbocycles. The molecule has 1 amide bonds. The molecule has 0 aliphatic rings. The Bertz CT molecular complexity index is 1160. The van der Waals surface area contributed by atoms with E-state index in [1.807, 2.05) is 0 Å². The van der Waals surface area contributed by atoms with Gasteiger partial charge in [-0.25, -0.2) is 4.79 Å². The Morgan fingerprint density at radius 1 is 1.16 bits per heavy atom. The molecular weight excluding hydrogens is 490 g/mol. The molecule has 0 radical (unpaired) electrons. The minimum atomic E-state index is -0.799. The summed E-state index contributed by atoms with van der Waals surface area (Å²) in [6.07, 6.45) is 0. The van der Waals surface area contributed by atoms with Gasteiger partial charge in [0.1, 0.15) is 0 Å². The lowest BCUT2D eigenvalue weighted by molar-refractivity contribution is -0.118. The van der Waals surface area contributed by atoms with E-state index in [0.717, 1.165) is 15.2 Å². The number of rotatable bonds is 7. The van der Waals surface area contributed by atoms with Gasteiger partial charge < -0.3 is 14.8 Å². The number of esters is 1. The van der Waals surface area contributed by atoms with Gasteiger partial charge in [-0.15, -0.1) is 0 Å². The van der Waals surface area contributed by atoms with Crippen LogP contribution in [0, 0.1) is 0 Å². The van der Waals surface area contributed by atoms with Gasteiger partial charge in [-0.1, -0.05) is 39.7 Å². The van der Waals surface area contributed by atoms with Crippen molar-refractivity contribution >= 4 is 45.1 Å². The van der Waals surface area contributed by atoms with Gasteiger partial charge in [0.2, 0.25) is 5.69 Å².